The van der Waals surface area contributed by atoms with Gasteiger partial charge < -0.3 is 15.2 Å². The Balaban J connectivity index is 1.87. The molecule has 2 aromatic rings. The molecule has 0 aliphatic carbocycles. The fourth-order valence-corrected chi connectivity index (χ4v) is 3.05. The number of imide groups is 1. The van der Waals surface area contributed by atoms with Gasteiger partial charge in [-0.1, -0.05) is 60.7 Å². The Bertz CT molecular complexity index is 858. The summed E-state index contributed by atoms with van der Waals surface area (Å²) in [5.74, 6) is -2.53. The number of rotatable bonds is 7. The van der Waals surface area contributed by atoms with Gasteiger partial charge in [0.25, 0.3) is 5.91 Å². The van der Waals surface area contributed by atoms with Crippen LogP contribution in [0.5, 0.6) is 0 Å². The zero-order valence-electron chi connectivity index (χ0n) is 14.8. The van der Waals surface area contributed by atoms with Crippen molar-refractivity contribution in [2.45, 2.75) is 18.4 Å². The molecule has 0 bridgehead atoms. The van der Waals surface area contributed by atoms with Gasteiger partial charge in [-0.25, -0.2) is 9.69 Å². The first-order valence-electron chi connectivity index (χ1n) is 8.57. The Morgan fingerprint density at radius 1 is 0.929 bits per heavy atom. The molecule has 1 heterocycles. The first-order chi connectivity index (χ1) is 13.4. The van der Waals surface area contributed by atoms with Gasteiger partial charge in [0.2, 0.25) is 0 Å². The number of benzene rings is 2. The number of nitrogens with zero attached hydrogens (tertiary/aromatic N) is 1. The first-order valence-corrected chi connectivity index (χ1v) is 8.57. The molecule has 8 nitrogen and oxygen atoms in total. The number of nitrogens with one attached hydrogen (secondary N) is 1. The Labute approximate surface area is 160 Å². The molecule has 0 atom stereocenters. The van der Waals surface area contributed by atoms with Crippen LogP contribution in [0.1, 0.15) is 24.0 Å². The minimum Gasteiger partial charge on any atom is -0.481 e. The fourth-order valence-electron chi connectivity index (χ4n) is 3.05. The van der Waals surface area contributed by atoms with E-state index in [0.717, 1.165) is 4.90 Å². The molecule has 28 heavy (non-hydrogen) atoms. The number of carboxylic acid groups (broad SMARTS) is 1. The van der Waals surface area contributed by atoms with E-state index in [4.69, 9.17) is 9.84 Å². The standard InChI is InChI=1S/C20H18N2O6/c23-16(24)11-12-17(25)28-13-22-18(26)20(21-19(22)27,14-7-3-1-4-8-14)15-9-5-2-6-10-15/h1-10H,11-13H2,(H,21,27)(H,23,24). The molecule has 0 unspecified atom stereocenters. The van der Waals surface area contributed by atoms with Gasteiger partial charge in [-0.2, -0.15) is 0 Å². The van der Waals surface area contributed by atoms with E-state index in [1.54, 1.807) is 60.7 Å². The molecule has 0 radical (unpaired) electrons. The number of urea groups is 1. The van der Waals surface area contributed by atoms with Gasteiger partial charge in [0, 0.05) is 0 Å². The van der Waals surface area contributed by atoms with Crippen LogP contribution in [0.2, 0.25) is 0 Å². The smallest absolute Gasteiger partial charge is 0.328 e. The highest BCUT2D eigenvalue weighted by molar-refractivity contribution is 6.09. The summed E-state index contributed by atoms with van der Waals surface area (Å²) in [7, 11) is 0. The topological polar surface area (TPSA) is 113 Å². The summed E-state index contributed by atoms with van der Waals surface area (Å²) in [6.07, 6.45) is -0.738. The highest BCUT2D eigenvalue weighted by Gasteiger charge is 2.54. The minimum absolute atomic E-state index is 0.346. The first kappa shape index (κ1) is 19.1. The number of hydrogen-bond acceptors (Lipinski definition) is 5. The number of amides is 3. The average molecular weight is 382 g/mol. The molecule has 2 N–H and O–H groups in total. The lowest BCUT2D eigenvalue weighted by molar-refractivity contribution is -0.152. The molecule has 0 saturated carbocycles. The molecule has 3 rings (SSSR count). The summed E-state index contributed by atoms with van der Waals surface area (Å²) in [5, 5.41) is 11.3. The molecular formula is C20H18N2O6. The predicted molar refractivity (Wildman–Crippen MR) is 96.9 cm³/mol. The van der Waals surface area contributed by atoms with Gasteiger partial charge in [-0.05, 0) is 11.1 Å². The van der Waals surface area contributed by atoms with Crippen LogP contribution in [0.15, 0.2) is 60.7 Å². The second-order valence-corrected chi connectivity index (χ2v) is 6.18. The molecule has 3 amide bonds. The van der Waals surface area contributed by atoms with E-state index in [1.807, 2.05) is 0 Å². The van der Waals surface area contributed by atoms with E-state index in [2.05, 4.69) is 5.32 Å². The van der Waals surface area contributed by atoms with Crippen LogP contribution in [0, 0.1) is 0 Å². The molecule has 1 aliphatic heterocycles. The van der Waals surface area contributed by atoms with Crippen molar-refractivity contribution in [1.82, 2.24) is 10.2 Å². The van der Waals surface area contributed by atoms with E-state index >= 15 is 0 Å². The molecule has 144 valence electrons. The number of esters is 1. The van der Waals surface area contributed by atoms with Crippen LogP contribution in [-0.4, -0.2) is 40.6 Å². The van der Waals surface area contributed by atoms with E-state index in [0.29, 0.717) is 11.1 Å². The third-order valence-corrected chi connectivity index (χ3v) is 4.42. The van der Waals surface area contributed by atoms with Gasteiger partial charge in [-0.15, -0.1) is 0 Å². The van der Waals surface area contributed by atoms with Crippen LogP contribution in [0.25, 0.3) is 0 Å². The molecule has 1 saturated heterocycles. The molecule has 1 fully saturated rings. The van der Waals surface area contributed by atoms with Gasteiger partial charge >= 0.3 is 18.0 Å². The quantitative estimate of drug-likeness (QED) is 0.558. The lowest BCUT2D eigenvalue weighted by Gasteiger charge is -2.27. The Morgan fingerprint density at radius 2 is 1.46 bits per heavy atom. The van der Waals surface area contributed by atoms with Gasteiger partial charge in [0.05, 0.1) is 12.8 Å². The van der Waals surface area contributed by atoms with Crippen molar-refractivity contribution in [2.75, 3.05) is 6.73 Å². The Morgan fingerprint density at radius 3 is 1.96 bits per heavy atom. The molecule has 8 heteroatoms. The Hall–Kier alpha value is -3.68. The highest BCUT2D eigenvalue weighted by atomic mass is 16.5. The average Bonchev–Trinajstić information content (AvgIpc) is 2.97. The lowest BCUT2D eigenvalue weighted by Crippen LogP contribution is -2.45. The van der Waals surface area contributed by atoms with Gasteiger partial charge in [0.15, 0.2) is 12.3 Å². The Kier molecular flexibility index (Phi) is 5.39. The van der Waals surface area contributed by atoms with Crippen molar-refractivity contribution in [3.63, 3.8) is 0 Å². The normalized spacial score (nSPS) is 15.2. The maximum Gasteiger partial charge on any atom is 0.328 e. The molecule has 0 spiro atoms. The van der Waals surface area contributed by atoms with Crippen molar-refractivity contribution in [3.05, 3.63) is 71.8 Å². The lowest BCUT2D eigenvalue weighted by atomic mass is 9.83. The largest absolute Gasteiger partial charge is 0.481 e. The summed E-state index contributed by atoms with van der Waals surface area (Å²) in [4.78, 5) is 48.8. The van der Waals surface area contributed by atoms with Gasteiger partial charge in [-0.3, -0.25) is 14.4 Å². The number of aliphatic carboxylic acids is 1. The van der Waals surface area contributed by atoms with E-state index in [-0.39, 0.29) is 6.42 Å². The number of hydrogen-bond donors (Lipinski definition) is 2. The number of carboxylic acids is 1. The molecule has 2 aromatic carbocycles. The van der Waals surface area contributed by atoms with E-state index < -0.39 is 42.6 Å². The van der Waals surface area contributed by atoms with Gasteiger partial charge in [0.1, 0.15) is 0 Å². The number of carbonyl (C=O) groups is 4. The maximum atomic E-state index is 13.3. The van der Waals surface area contributed by atoms with Crippen molar-refractivity contribution in [3.8, 4) is 0 Å². The van der Waals surface area contributed by atoms with Crippen molar-refractivity contribution in [2.24, 2.45) is 0 Å². The maximum absolute atomic E-state index is 13.3. The van der Waals surface area contributed by atoms with E-state index in [1.165, 1.54) is 0 Å². The second kappa shape index (κ2) is 7.91. The summed E-state index contributed by atoms with van der Waals surface area (Å²) in [6.45, 7) is -0.593. The monoisotopic (exact) mass is 382 g/mol. The van der Waals surface area contributed by atoms with Crippen LogP contribution < -0.4 is 5.32 Å². The van der Waals surface area contributed by atoms with Crippen molar-refractivity contribution >= 4 is 23.9 Å². The third-order valence-electron chi connectivity index (χ3n) is 4.42. The third kappa shape index (κ3) is 3.57. The SMILES string of the molecule is O=C(O)CCC(=O)OCN1C(=O)NC(c2ccccc2)(c2ccccc2)C1=O. The minimum atomic E-state index is -1.44. The zero-order valence-corrected chi connectivity index (χ0v) is 14.8. The molecule has 0 aromatic heterocycles. The summed E-state index contributed by atoms with van der Waals surface area (Å²) in [6, 6.07) is 16.8. The fraction of sp³-hybridized carbons (Fsp3) is 0.200. The summed E-state index contributed by atoms with van der Waals surface area (Å²) < 4.78 is 4.92. The predicted octanol–water partition coefficient (Wildman–Crippen LogP) is 1.85. The van der Waals surface area contributed by atoms with Crippen molar-refractivity contribution < 1.29 is 29.0 Å². The van der Waals surface area contributed by atoms with Crippen LogP contribution in [0.4, 0.5) is 4.79 Å². The number of ether oxygens (including phenoxy) is 1. The molecular weight excluding hydrogens is 364 g/mol. The summed E-state index contributed by atoms with van der Waals surface area (Å²) in [5.41, 5.74) is -0.300. The van der Waals surface area contributed by atoms with Crippen LogP contribution in [-0.2, 0) is 24.7 Å². The van der Waals surface area contributed by atoms with Crippen LogP contribution in [0.3, 0.4) is 0 Å². The second-order valence-electron chi connectivity index (χ2n) is 6.18. The van der Waals surface area contributed by atoms with Crippen molar-refractivity contribution in [1.29, 1.82) is 0 Å². The zero-order chi connectivity index (χ0) is 20.1. The van der Waals surface area contributed by atoms with E-state index in [9.17, 15) is 19.2 Å². The summed E-state index contributed by atoms with van der Waals surface area (Å²) >= 11 is 0. The number of carbonyl (C=O) groups excluding carboxylic acids is 3. The van der Waals surface area contributed by atoms with Crippen LogP contribution >= 0.6 is 0 Å². The highest BCUT2D eigenvalue weighted by Crippen LogP contribution is 2.35. The molecule has 1 aliphatic rings.